The monoisotopic (exact) mass is 341 g/mol. The van der Waals surface area contributed by atoms with Crippen molar-refractivity contribution in [3.05, 3.63) is 28.2 Å². The molecule has 0 aliphatic rings. The minimum atomic E-state index is 0.523. The topological polar surface area (TPSA) is 21.3 Å². The summed E-state index contributed by atoms with van der Waals surface area (Å²) in [6, 6.07) is 6.74. The number of methoxy groups -OCH3 is 1. The average molecular weight is 342 g/mol. The summed E-state index contributed by atoms with van der Waals surface area (Å²) in [7, 11) is 3.80. The molecule has 2 unspecified atom stereocenters. The van der Waals surface area contributed by atoms with Crippen LogP contribution in [0.1, 0.15) is 45.1 Å². The molecule has 0 bridgehead atoms. The maximum Gasteiger partial charge on any atom is 0.119 e. The third-order valence-corrected chi connectivity index (χ3v) is 4.86. The van der Waals surface area contributed by atoms with Crippen LogP contribution in [0.15, 0.2) is 22.7 Å². The summed E-state index contributed by atoms with van der Waals surface area (Å²) in [5.41, 5.74) is 1.32. The van der Waals surface area contributed by atoms with Crippen molar-refractivity contribution in [1.29, 1.82) is 0 Å². The largest absolute Gasteiger partial charge is 0.497 e. The summed E-state index contributed by atoms with van der Waals surface area (Å²) in [5.74, 6) is 1.66. The smallest absolute Gasteiger partial charge is 0.119 e. The fraction of sp³-hybridized carbons (Fsp3) is 0.647. The summed E-state index contributed by atoms with van der Waals surface area (Å²) in [6.07, 6.45) is 6.16. The molecule has 0 saturated carbocycles. The molecule has 1 N–H and O–H groups in total. The van der Waals surface area contributed by atoms with Gasteiger partial charge in [0.05, 0.1) is 7.11 Å². The molecule has 114 valence electrons. The number of rotatable bonds is 9. The van der Waals surface area contributed by atoms with E-state index in [2.05, 4.69) is 54.3 Å². The number of hydrogen-bond acceptors (Lipinski definition) is 2. The van der Waals surface area contributed by atoms with Crippen LogP contribution in [0.3, 0.4) is 0 Å². The lowest BCUT2D eigenvalue weighted by molar-refractivity contribution is 0.329. The van der Waals surface area contributed by atoms with Crippen LogP contribution in [-0.2, 0) is 6.42 Å². The van der Waals surface area contributed by atoms with Crippen LogP contribution in [0.2, 0.25) is 0 Å². The Kier molecular flexibility index (Phi) is 8.24. The quantitative estimate of drug-likeness (QED) is 0.696. The maximum absolute atomic E-state index is 5.34. The summed E-state index contributed by atoms with van der Waals surface area (Å²) in [4.78, 5) is 0. The van der Waals surface area contributed by atoms with E-state index in [0.717, 1.165) is 18.1 Å². The number of ether oxygens (including phenoxy) is 1. The molecule has 3 heteroatoms. The highest BCUT2D eigenvalue weighted by Crippen LogP contribution is 2.27. The Morgan fingerprint density at radius 1 is 1.30 bits per heavy atom. The third-order valence-electron chi connectivity index (χ3n) is 4.09. The van der Waals surface area contributed by atoms with Crippen molar-refractivity contribution >= 4 is 15.9 Å². The van der Waals surface area contributed by atoms with Crippen LogP contribution < -0.4 is 10.1 Å². The Balaban J connectivity index is 2.80. The number of unbranched alkanes of at least 4 members (excludes halogenated alkanes) is 1. The molecule has 1 rings (SSSR count). The molecule has 1 aromatic carbocycles. The van der Waals surface area contributed by atoms with E-state index >= 15 is 0 Å². The second kappa shape index (κ2) is 9.41. The second-order valence-corrected chi connectivity index (χ2v) is 6.22. The maximum atomic E-state index is 5.34. The average Bonchev–Trinajstić information content (AvgIpc) is 2.48. The Morgan fingerprint density at radius 3 is 2.60 bits per heavy atom. The molecule has 0 radical (unpaired) electrons. The van der Waals surface area contributed by atoms with Gasteiger partial charge in [0, 0.05) is 10.5 Å². The lowest BCUT2D eigenvalue weighted by Gasteiger charge is -2.26. The van der Waals surface area contributed by atoms with Gasteiger partial charge in [0.2, 0.25) is 0 Å². The number of likely N-dealkylation sites (N-methyl/N-ethyl adjacent to an activating group) is 1. The zero-order valence-electron chi connectivity index (χ0n) is 13.2. The number of nitrogens with one attached hydrogen (secondary N) is 1. The fourth-order valence-corrected chi connectivity index (χ4v) is 3.14. The van der Waals surface area contributed by atoms with E-state index in [1.807, 2.05) is 6.07 Å². The molecule has 0 aliphatic heterocycles. The molecule has 0 aliphatic carbocycles. The highest BCUT2D eigenvalue weighted by Gasteiger charge is 2.19. The highest BCUT2D eigenvalue weighted by atomic mass is 79.9. The van der Waals surface area contributed by atoms with Gasteiger partial charge >= 0.3 is 0 Å². The normalized spacial score (nSPS) is 14.1. The molecule has 1 aromatic rings. The molecule has 0 heterocycles. The summed E-state index contributed by atoms with van der Waals surface area (Å²) in [5, 5.41) is 3.51. The van der Waals surface area contributed by atoms with Gasteiger partial charge in [-0.1, -0.05) is 49.0 Å². The summed E-state index contributed by atoms with van der Waals surface area (Å²) in [6.45, 7) is 4.56. The van der Waals surface area contributed by atoms with E-state index in [1.54, 1.807) is 7.11 Å². The molecular formula is C17H28BrNO. The number of benzene rings is 1. The van der Waals surface area contributed by atoms with Gasteiger partial charge in [-0.25, -0.2) is 0 Å². The minimum Gasteiger partial charge on any atom is -0.497 e. The first-order valence-corrected chi connectivity index (χ1v) is 8.45. The molecule has 0 spiro atoms. The predicted octanol–water partition coefficient (Wildman–Crippen LogP) is 4.80. The second-order valence-electron chi connectivity index (χ2n) is 5.37. The van der Waals surface area contributed by atoms with Gasteiger partial charge in [0.1, 0.15) is 5.75 Å². The van der Waals surface area contributed by atoms with Gasteiger partial charge in [0.25, 0.3) is 0 Å². The van der Waals surface area contributed by atoms with E-state index in [9.17, 15) is 0 Å². The van der Waals surface area contributed by atoms with Gasteiger partial charge in [0.15, 0.2) is 0 Å². The van der Waals surface area contributed by atoms with Crippen LogP contribution in [0.5, 0.6) is 5.75 Å². The summed E-state index contributed by atoms with van der Waals surface area (Å²) >= 11 is 3.66. The fourth-order valence-electron chi connectivity index (χ4n) is 2.73. The van der Waals surface area contributed by atoms with Gasteiger partial charge < -0.3 is 10.1 Å². The van der Waals surface area contributed by atoms with E-state index in [4.69, 9.17) is 4.74 Å². The van der Waals surface area contributed by atoms with E-state index in [-0.39, 0.29) is 0 Å². The van der Waals surface area contributed by atoms with Gasteiger partial charge in [-0.2, -0.15) is 0 Å². The van der Waals surface area contributed by atoms with Crippen LogP contribution >= 0.6 is 15.9 Å². The van der Waals surface area contributed by atoms with Gasteiger partial charge in [-0.3, -0.25) is 0 Å². The Morgan fingerprint density at radius 2 is 2.05 bits per heavy atom. The van der Waals surface area contributed by atoms with Crippen LogP contribution in [-0.4, -0.2) is 20.2 Å². The van der Waals surface area contributed by atoms with Crippen molar-refractivity contribution < 1.29 is 4.74 Å². The van der Waals surface area contributed by atoms with Crippen molar-refractivity contribution in [2.45, 2.75) is 52.0 Å². The molecule has 20 heavy (non-hydrogen) atoms. The Labute approximate surface area is 132 Å². The first-order chi connectivity index (χ1) is 9.65. The molecule has 0 fully saturated rings. The Hall–Kier alpha value is -0.540. The van der Waals surface area contributed by atoms with Gasteiger partial charge in [-0.05, 0) is 49.6 Å². The van der Waals surface area contributed by atoms with E-state index < -0.39 is 0 Å². The first-order valence-electron chi connectivity index (χ1n) is 7.65. The van der Waals surface area contributed by atoms with Crippen molar-refractivity contribution in [2.75, 3.05) is 14.2 Å². The first kappa shape index (κ1) is 17.5. The SMILES string of the molecule is CCCCC(CC)C(Cc1cc(OC)ccc1Br)NC. The molecule has 0 saturated heterocycles. The van der Waals surface area contributed by atoms with Crippen LogP contribution in [0, 0.1) is 5.92 Å². The highest BCUT2D eigenvalue weighted by molar-refractivity contribution is 9.10. The third kappa shape index (κ3) is 5.10. The van der Waals surface area contributed by atoms with Crippen molar-refractivity contribution in [1.82, 2.24) is 5.32 Å². The minimum absolute atomic E-state index is 0.523. The molecule has 2 atom stereocenters. The van der Waals surface area contributed by atoms with E-state index in [1.165, 1.54) is 35.7 Å². The standard InChI is InChI=1S/C17H28BrNO/c1-5-7-8-13(6-2)17(19-3)12-14-11-15(20-4)9-10-16(14)18/h9-11,13,17,19H,5-8,12H2,1-4H3. The lowest BCUT2D eigenvalue weighted by Crippen LogP contribution is -2.35. The van der Waals surface area contributed by atoms with Crippen LogP contribution in [0.25, 0.3) is 0 Å². The number of halogens is 1. The molecule has 0 aromatic heterocycles. The van der Waals surface area contributed by atoms with Gasteiger partial charge in [-0.15, -0.1) is 0 Å². The predicted molar refractivity (Wildman–Crippen MR) is 90.6 cm³/mol. The molecule has 0 amide bonds. The molecular weight excluding hydrogens is 314 g/mol. The number of hydrogen-bond donors (Lipinski definition) is 1. The molecule has 2 nitrogen and oxygen atoms in total. The zero-order valence-corrected chi connectivity index (χ0v) is 14.8. The van der Waals surface area contributed by atoms with Crippen LogP contribution in [0.4, 0.5) is 0 Å². The lowest BCUT2D eigenvalue weighted by atomic mass is 9.87. The zero-order chi connectivity index (χ0) is 15.0. The summed E-state index contributed by atoms with van der Waals surface area (Å²) < 4.78 is 6.51. The van der Waals surface area contributed by atoms with Crippen molar-refractivity contribution in [3.63, 3.8) is 0 Å². The van der Waals surface area contributed by atoms with Crippen molar-refractivity contribution in [3.8, 4) is 5.75 Å². The van der Waals surface area contributed by atoms with Crippen molar-refractivity contribution in [2.24, 2.45) is 5.92 Å². The Bertz CT molecular complexity index is 395. The van der Waals surface area contributed by atoms with E-state index in [0.29, 0.717) is 6.04 Å².